The van der Waals surface area contributed by atoms with E-state index in [2.05, 4.69) is 21.2 Å². The van der Waals surface area contributed by atoms with E-state index in [4.69, 9.17) is 23.2 Å². The highest BCUT2D eigenvalue weighted by Gasteiger charge is 2.41. The number of benzene rings is 2. The fourth-order valence-electron chi connectivity index (χ4n) is 2.55. The fraction of sp³-hybridized carbons (Fsp3) is 0.167. The van der Waals surface area contributed by atoms with Crippen LogP contribution in [0.2, 0.25) is 10.0 Å². The third-order valence-corrected chi connectivity index (χ3v) is 5.94. The average Bonchev–Trinajstić information content (AvgIpc) is 2.88. The van der Waals surface area contributed by atoms with Gasteiger partial charge in [-0.2, -0.15) is 0 Å². The van der Waals surface area contributed by atoms with E-state index in [-0.39, 0.29) is 28.8 Å². The van der Waals surface area contributed by atoms with E-state index < -0.39 is 17.1 Å². The molecule has 1 atom stereocenters. The van der Waals surface area contributed by atoms with Gasteiger partial charge in [0.1, 0.15) is 5.25 Å². The number of halogens is 3. The first-order valence-electron chi connectivity index (χ1n) is 7.86. The van der Waals surface area contributed by atoms with Gasteiger partial charge in [0.05, 0.1) is 17.3 Å². The Bertz CT molecular complexity index is 908. The minimum atomic E-state index is -0.761. The molecule has 0 radical (unpaired) electrons. The molecule has 0 aromatic heterocycles. The maximum atomic E-state index is 12.6. The minimum absolute atomic E-state index is 0.0476. The van der Waals surface area contributed by atoms with Gasteiger partial charge in [-0.15, -0.1) is 0 Å². The van der Waals surface area contributed by atoms with Crippen LogP contribution in [0.4, 0.5) is 11.4 Å². The highest BCUT2D eigenvalue weighted by Crippen LogP contribution is 2.35. The number of hydrogen-bond donors (Lipinski definition) is 1. The quantitative estimate of drug-likeness (QED) is 0.616. The standard InChI is InChI=1S/C18H13BrCl2N2O3S/c19-10-1-4-12(5-2-10)22-9-17(25)27-15-8-16(24)23(18(15)26)14-6-3-11(20)7-13(14)21/h1-7,15,22H,8-9H2/t15-/m1/s1. The summed E-state index contributed by atoms with van der Waals surface area (Å²) < 4.78 is 0.935. The fourth-order valence-corrected chi connectivity index (χ4v) is 4.22. The molecule has 5 nitrogen and oxygen atoms in total. The van der Waals surface area contributed by atoms with Gasteiger partial charge in [0.25, 0.3) is 0 Å². The van der Waals surface area contributed by atoms with Crippen LogP contribution in [0.15, 0.2) is 46.9 Å². The number of hydrogen-bond acceptors (Lipinski definition) is 5. The molecule has 0 spiro atoms. The second-order valence-corrected chi connectivity index (χ2v) is 8.73. The largest absolute Gasteiger partial charge is 0.377 e. The molecule has 2 amide bonds. The molecule has 2 aromatic rings. The molecule has 1 aliphatic rings. The summed E-state index contributed by atoms with van der Waals surface area (Å²) in [4.78, 5) is 38.1. The van der Waals surface area contributed by atoms with Crippen molar-refractivity contribution in [2.75, 3.05) is 16.8 Å². The van der Waals surface area contributed by atoms with Gasteiger partial charge in [-0.25, -0.2) is 4.90 Å². The van der Waals surface area contributed by atoms with Crippen molar-refractivity contribution >= 4 is 79.2 Å². The maximum Gasteiger partial charge on any atom is 0.247 e. The Balaban J connectivity index is 1.62. The minimum Gasteiger partial charge on any atom is -0.377 e. The highest BCUT2D eigenvalue weighted by molar-refractivity contribution is 9.10. The molecule has 1 saturated heterocycles. The molecular weight excluding hydrogens is 475 g/mol. The molecule has 1 N–H and O–H groups in total. The van der Waals surface area contributed by atoms with Gasteiger partial charge >= 0.3 is 0 Å². The molecule has 0 bridgehead atoms. The summed E-state index contributed by atoms with van der Waals surface area (Å²) >= 11 is 16.2. The first-order valence-corrected chi connectivity index (χ1v) is 10.3. The zero-order chi connectivity index (χ0) is 19.6. The third kappa shape index (κ3) is 4.85. The molecule has 2 aromatic carbocycles. The third-order valence-electron chi connectivity index (χ3n) is 3.81. The van der Waals surface area contributed by atoms with Crippen molar-refractivity contribution in [2.24, 2.45) is 0 Å². The average molecular weight is 488 g/mol. The molecule has 0 saturated carbocycles. The van der Waals surface area contributed by atoms with Gasteiger partial charge in [0, 0.05) is 21.6 Å². The van der Waals surface area contributed by atoms with Gasteiger partial charge < -0.3 is 5.32 Å². The van der Waals surface area contributed by atoms with Gasteiger partial charge in [0.15, 0.2) is 0 Å². The summed E-state index contributed by atoms with van der Waals surface area (Å²) in [5.74, 6) is -0.846. The van der Waals surface area contributed by atoms with E-state index in [1.807, 2.05) is 24.3 Å². The molecule has 3 rings (SSSR count). The van der Waals surface area contributed by atoms with Gasteiger partial charge in [-0.3, -0.25) is 14.4 Å². The zero-order valence-corrected chi connectivity index (χ0v) is 17.7. The Labute approximate surface area is 178 Å². The maximum absolute atomic E-state index is 12.6. The van der Waals surface area contributed by atoms with Crippen molar-refractivity contribution in [3.63, 3.8) is 0 Å². The molecule has 0 unspecified atom stereocenters. The van der Waals surface area contributed by atoms with E-state index in [9.17, 15) is 14.4 Å². The lowest BCUT2D eigenvalue weighted by Gasteiger charge is -2.16. The Kier molecular flexibility index (Phi) is 6.47. The number of rotatable bonds is 5. The summed E-state index contributed by atoms with van der Waals surface area (Å²) in [6.45, 7) is 0.0476. The van der Waals surface area contributed by atoms with E-state index in [0.717, 1.165) is 26.8 Å². The van der Waals surface area contributed by atoms with Crippen LogP contribution in [0.1, 0.15) is 6.42 Å². The number of imide groups is 1. The van der Waals surface area contributed by atoms with Gasteiger partial charge in [-0.1, -0.05) is 50.9 Å². The van der Waals surface area contributed by atoms with E-state index in [1.54, 1.807) is 6.07 Å². The summed E-state index contributed by atoms with van der Waals surface area (Å²) in [5.41, 5.74) is 1.06. The van der Waals surface area contributed by atoms with E-state index >= 15 is 0 Å². The smallest absolute Gasteiger partial charge is 0.247 e. The Morgan fingerprint density at radius 1 is 1.19 bits per heavy atom. The van der Waals surface area contributed by atoms with Crippen molar-refractivity contribution < 1.29 is 14.4 Å². The first-order chi connectivity index (χ1) is 12.8. The second kappa shape index (κ2) is 8.65. The predicted molar refractivity (Wildman–Crippen MR) is 113 cm³/mol. The topological polar surface area (TPSA) is 66.5 Å². The monoisotopic (exact) mass is 486 g/mol. The van der Waals surface area contributed by atoms with Crippen LogP contribution in [-0.2, 0) is 14.4 Å². The van der Waals surface area contributed by atoms with Crippen LogP contribution in [0.3, 0.4) is 0 Å². The summed E-state index contributed by atoms with van der Waals surface area (Å²) in [6.07, 6.45) is -0.0491. The van der Waals surface area contributed by atoms with Crippen molar-refractivity contribution in [2.45, 2.75) is 11.7 Å². The van der Waals surface area contributed by atoms with Crippen molar-refractivity contribution in [1.29, 1.82) is 0 Å². The number of carbonyl (C=O) groups is 3. The molecule has 1 aliphatic heterocycles. The summed E-state index contributed by atoms with van der Waals surface area (Å²) in [5, 5.41) is 2.62. The van der Waals surface area contributed by atoms with Crippen LogP contribution < -0.4 is 10.2 Å². The van der Waals surface area contributed by atoms with Crippen LogP contribution >= 0.6 is 50.9 Å². The number of amides is 2. The Hall–Kier alpha value is -1.54. The number of carbonyl (C=O) groups excluding carboxylic acids is 3. The van der Waals surface area contributed by atoms with Crippen LogP contribution in [-0.4, -0.2) is 28.7 Å². The summed E-state index contributed by atoms with van der Waals surface area (Å²) in [7, 11) is 0. The van der Waals surface area contributed by atoms with E-state index in [0.29, 0.717) is 5.02 Å². The number of anilines is 2. The van der Waals surface area contributed by atoms with Crippen LogP contribution in [0, 0.1) is 0 Å². The molecule has 1 fully saturated rings. The molecule has 1 heterocycles. The predicted octanol–water partition coefficient (Wildman–Crippen LogP) is 4.76. The summed E-state index contributed by atoms with van der Waals surface area (Å²) in [6, 6.07) is 11.9. The number of nitrogens with one attached hydrogen (secondary N) is 1. The zero-order valence-electron chi connectivity index (χ0n) is 13.7. The lowest BCUT2D eigenvalue weighted by Crippen LogP contribution is -2.31. The molecular formula is C18H13BrCl2N2O3S. The number of thioether (sulfide) groups is 1. The van der Waals surface area contributed by atoms with Crippen LogP contribution in [0.25, 0.3) is 0 Å². The number of nitrogens with zero attached hydrogens (tertiary/aromatic N) is 1. The highest BCUT2D eigenvalue weighted by atomic mass is 79.9. The van der Waals surface area contributed by atoms with Gasteiger partial charge in [-0.05, 0) is 42.5 Å². The normalized spacial score (nSPS) is 16.7. The SMILES string of the molecule is O=C(CNc1ccc(Br)cc1)S[C@@H]1CC(=O)N(c2ccc(Cl)cc2Cl)C1=O. The van der Waals surface area contributed by atoms with Crippen molar-refractivity contribution in [3.8, 4) is 0 Å². The second-order valence-electron chi connectivity index (χ2n) is 5.71. The van der Waals surface area contributed by atoms with Gasteiger partial charge in [0.2, 0.25) is 16.9 Å². The van der Waals surface area contributed by atoms with Crippen molar-refractivity contribution in [1.82, 2.24) is 0 Å². The molecule has 9 heteroatoms. The molecule has 27 heavy (non-hydrogen) atoms. The lowest BCUT2D eigenvalue weighted by atomic mass is 10.3. The molecule has 140 valence electrons. The molecule has 0 aliphatic carbocycles. The lowest BCUT2D eigenvalue weighted by molar-refractivity contribution is -0.121. The first kappa shape index (κ1) is 20.2. The Morgan fingerprint density at radius 2 is 1.89 bits per heavy atom. The van der Waals surface area contributed by atoms with Crippen molar-refractivity contribution in [3.05, 3.63) is 57.0 Å². The van der Waals surface area contributed by atoms with E-state index in [1.165, 1.54) is 12.1 Å². The Morgan fingerprint density at radius 3 is 2.56 bits per heavy atom. The van der Waals surface area contributed by atoms with Crippen LogP contribution in [0.5, 0.6) is 0 Å².